The number of pyridine rings is 1. The lowest BCUT2D eigenvalue weighted by molar-refractivity contribution is -0.138. The monoisotopic (exact) mass is 343 g/mol. The molecule has 1 saturated heterocycles. The van der Waals surface area contributed by atoms with E-state index in [1.165, 1.54) is 6.92 Å². The quantitative estimate of drug-likeness (QED) is 0.828. The predicted molar refractivity (Wildman–Crippen MR) is 76.7 cm³/mol. The number of piperidine rings is 1. The van der Waals surface area contributed by atoms with Crippen LogP contribution in [0.3, 0.4) is 0 Å². The van der Waals surface area contributed by atoms with E-state index in [4.69, 9.17) is 0 Å². The molecule has 0 aromatic carbocycles. The first kappa shape index (κ1) is 17.9. The molecule has 9 heteroatoms. The molecule has 0 atom stereocenters. The maximum atomic E-state index is 12.9. The number of imide groups is 1. The summed E-state index contributed by atoms with van der Waals surface area (Å²) >= 11 is 0. The number of nitrogens with zero attached hydrogens (tertiary/aromatic N) is 2. The molecule has 2 rings (SSSR count). The van der Waals surface area contributed by atoms with Crippen LogP contribution in [0.1, 0.15) is 35.7 Å². The van der Waals surface area contributed by atoms with Crippen LogP contribution in [-0.4, -0.2) is 40.7 Å². The number of carbonyl (C=O) groups is 3. The fourth-order valence-corrected chi connectivity index (χ4v) is 2.56. The Kier molecular flexibility index (Phi) is 5.20. The second-order valence-electron chi connectivity index (χ2n) is 5.52. The van der Waals surface area contributed by atoms with Gasteiger partial charge in [-0.2, -0.15) is 13.2 Å². The Morgan fingerprint density at radius 2 is 1.88 bits per heavy atom. The molecule has 1 aliphatic heterocycles. The summed E-state index contributed by atoms with van der Waals surface area (Å²) in [6, 6.07) is 0.685. The molecule has 1 aromatic heterocycles. The Morgan fingerprint density at radius 3 is 2.42 bits per heavy atom. The number of halogens is 3. The zero-order chi connectivity index (χ0) is 17.9. The molecule has 24 heavy (non-hydrogen) atoms. The van der Waals surface area contributed by atoms with E-state index in [0.717, 1.165) is 12.4 Å². The number of hydrogen-bond acceptors (Lipinski definition) is 4. The highest BCUT2D eigenvalue weighted by molar-refractivity contribution is 6.06. The first-order valence-corrected chi connectivity index (χ1v) is 7.32. The zero-order valence-corrected chi connectivity index (χ0v) is 12.9. The van der Waals surface area contributed by atoms with Crippen LogP contribution in [-0.2, 0) is 15.8 Å². The molecular formula is C15H16F3N3O3. The summed E-state index contributed by atoms with van der Waals surface area (Å²) in [7, 11) is 0. The molecule has 0 bridgehead atoms. The Labute approximate surface area is 136 Å². The van der Waals surface area contributed by atoms with Gasteiger partial charge in [-0.15, -0.1) is 0 Å². The Balaban J connectivity index is 2.03. The van der Waals surface area contributed by atoms with E-state index in [0.29, 0.717) is 32.0 Å². The van der Waals surface area contributed by atoms with Gasteiger partial charge in [-0.05, 0) is 18.9 Å². The van der Waals surface area contributed by atoms with Crippen LogP contribution in [0.25, 0.3) is 0 Å². The minimum Gasteiger partial charge on any atom is -0.343 e. The van der Waals surface area contributed by atoms with Gasteiger partial charge in [-0.25, -0.2) is 0 Å². The van der Waals surface area contributed by atoms with Crippen molar-refractivity contribution in [2.75, 3.05) is 13.1 Å². The maximum Gasteiger partial charge on any atom is 0.417 e. The minimum atomic E-state index is -4.72. The molecule has 3 amide bonds. The summed E-state index contributed by atoms with van der Waals surface area (Å²) in [5.74, 6) is -2.39. The van der Waals surface area contributed by atoms with E-state index < -0.39 is 35.0 Å². The van der Waals surface area contributed by atoms with Gasteiger partial charge in [0.1, 0.15) is 0 Å². The normalized spacial score (nSPS) is 15.9. The van der Waals surface area contributed by atoms with Gasteiger partial charge < -0.3 is 4.90 Å². The third-order valence-electron chi connectivity index (χ3n) is 3.92. The maximum absolute atomic E-state index is 12.9. The van der Waals surface area contributed by atoms with Crippen molar-refractivity contribution < 1.29 is 27.6 Å². The number of amides is 3. The molecule has 0 spiro atoms. The van der Waals surface area contributed by atoms with Crippen LogP contribution in [0.2, 0.25) is 0 Å². The van der Waals surface area contributed by atoms with E-state index in [9.17, 15) is 27.6 Å². The van der Waals surface area contributed by atoms with Gasteiger partial charge in [-0.1, -0.05) is 0 Å². The number of likely N-dealkylation sites (tertiary alicyclic amines) is 1. The SMILES string of the molecule is CC(=O)N1CCC(C(=O)NC(=O)c2cnccc2C(F)(F)F)CC1. The molecule has 0 unspecified atom stereocenters. The predicted octanol–water partition coefficient (Wildman–Crippen LogP) is 1.62. The molecular weight excluding hydrogens is 327 g/mol. The van der Waals surface area contributed by atoms with Crippen molar-refractivity contribution in [2.45, 2.75) is 25.9 Å². The third-order valence-corrected chi connectivity index (χ3v) is 3.92. The van der Waals surface area contributed by atoms with Crippen LogP contribution < -0.4 is 5.32 Å². The molecule has 0 aliphatic carbocycles. The van der Waals surface area contributed by atoms with E-state index in [1.807, 2.05) is 5.32 Å². The zero-order valence-electron chi connectivity index (χ0n) is 12.9. The first-order chi connectivity index (χ1) is 11.2. The second-order valence-corrected chi connectivity index (χ2v) is 5.52. The van der Waals surface area contributed by atoms with Crippen molar-refractivity contribution in [3.8, 4) is 0 Å². The van der Waals surface area contributed by atoms with E-state index >= 15 is 0 Å². The Bertz CT molecular complexity index is 653. The van der Waals surface area contributed by atoms with Crippen LogP contribution in [0.15, 0.2) is 18.5 Å². The topological polar surface area (TPSA) is 79.4 Å². The van der Waals surface area contributed by atoms with Crippen molar-refractivity contribution >= 4 is 17.7 Å². The summed E-state index contributed by atoms with van der Waals surface area (Å²) in [6.07, 6.45) is -2.29. The van der Waals surface area contributed by atoms with Crippen molar-refractivity contribution in [3.05, 3.63) is 29.6 Å². The number of rotatable bonds is 2. The van der Waals surface area contributed by atoms with Crippen LogP contribution in [0.5, 0.6) is 0 Å². The molecule has 0 radical (unpaired) electrons. The number of alkyl halides is 3. The lowest BCUT2D eigenvalue weighted by atomic mass is 9.95. The lowest BCUT2D eigenvalue weighted by Crippen LogP contribution is -2.44. The Morgan fingerprint density at radius 1 is 1.25 bits per heavy atom. The summed E-state index contributed by atoms with van der Waals surface area (Å²) in [4.78, 5) is 40.4. The summed E-state index contributed by atoms with van der Waals surface area (Å²) in [5.41, 5.74) is -1.84. The van der Waals surface area contributed by atoms with Gasteiger partial charge >= 0.3 is 6.18 Å². The summed E-state index contributed by atoms with van der Waals surface area (Å²) < 4.78 is 38.7. The number of hydrogen-bond donors (Lipinski definition) is 1. The average Bonchev–Trinajstić information content (AvgIpc) is 2.54. The fraction of sp³-hybridized carbons (Fsp3) is 0.467. The van der Waals surface area contributed by atoms with E-state index in [2.05, 4.69) is 4.98 Å². The molecule has 1 fully saturated rings. The standard InChI is InChI=1S/C15H16F3N3O3/c1-9(22)21-6-3-10(4-7-21)13(23)20-14(24)11-8-19-5-2-12(11)15(16,17)18/h2,5,8,10H,3-4,6-7H2,1H3,(H,20,23,24). The van der Waals surface area contributed by atoms with Crippen molar-refractivity contribution in [2.24, 2.45) is 5.92 Å². The smallest absolute Gasteiger partial charge is 0.343 e. The van der Waals surface area contributed by atoms with Crippen LogP contribution in [0.4, 0.5) is 13.2 Å². The summed E-state index contributed by atoms with van der Waals surface area (Å²) in [6.45, 7) is 2.18. The van der Waals surface area contributed by atoms with Crippen molar-refractivity contribution in [1.82, 2.24) is 15.2 Å². The number of aromatic nitrogens is 1. The van der Waals surface area contributed by atoms with Gasteiger partial charge in [0.05, 0.1) is 11.1 Å². The third kappa shape index (κ3) is 4.09. The van der Waals surface area contributed by atoms with Gasteiger partial charge in [0.25, 0.3) is 5.91 Å². The van der Waals surface area contributed by atoms with Gasteiger partial charge in [0, 0.05) is 38.3 Å². The molecule has 1 aromatic rings. The van der Waals surface area contributed by atoms with E-state index in [1.54, 1.807) is 4.90 Å². The number of nitrogens with one attached hydrogen (secondary N) is 1. The lowest BCUT2D eigenvalue weighted by Gasteiger charge is -2.30. The second kappa shape index (κ2) is 6.98. The van der Waals surface area contributed by atoms with Crippen LogP contribution >= 0.6 is 0 Å². The van der Waals surface area contributed by atoms with Gasteiger partial charge in [0.15, 0.2) is 0 Å². The largest absolute Gasteiger partial charge is 0.417 e. The fourth-order valence-electron chi connectivity index (χ4n) is 2.56. The first-order valence-electron chi connectivity index (χ1n) is 7.32. The average molecular weight is 343 g/mol. The molecule has 130 valence electrons. The molecule has 1 N–H and O–H groups in total. The Hall–Kier alpha value is -2.45. The van der Waals surface area contributed by atoms with Gasteiger partial charge in [0.2, 0.25) is 11.8 Å². The van der Waals surface area contributed by atoms with Crippen LogP contribution in [0, 0.1) is 5.92 Å². The molecule has 2 heterocycles. The molecule has 6 nitrogen and oxygen atoms in total. The van der Waals surface area contributed by atoms with Crippen molar-refractivity contribution in [3.63, 3.8) is 0 Å². The minimum absolute atomic E-state index is 0.102. The number of carbonyl (C=O) groups excluding carboxylic acids is 3. The summed E-state index contributed by atoms with van der Waals surface area (Å²) in [5, 5.41) is 2.00. The van der Waals surface area contributed by atoms with E-state index in [-0.39, 0.29) is 5.91 Å². The molecule has 1 aliphatic rings. The van der Waals surface area contributed by atoms with Crippen molar-refractivity contribution in [1.29, 1.82) is 0 Å². The molecule has 0 saturated carbocycles. The highest BCUT2D eigenvalue weighted by Crippen LogP contribution is 2.31. The van der Waals surface area contributed by atoms with Gasteiger partial charge in [-0.3, -0.25) is 24.7 Å². The highest BCUT2D eigenvalue weighted by atomic mass is 19.4. The highest BCUT2D eigenvalue weighted by Gasteiger charge is 2.36.